The number of hydrogen-bond donors (Lipinski definition) is 0. The van der Waals surface area contributed by atoms with Crippen molar-refractivity contribution < 1.29 is 9.18 Å². The van der Waals surface area contributed by atoms with Crippen molar-refractivity contribution >= 4 is 11.6 Å². The molecule has 0 bridgehead atoms. The summed E-state index contributed by atoms with van der Waals surface area (Å²) in [4.78, 5) is 14.9. The smallest absolute Gasteiger partial charge is 0.247 e. The van der Waals surface area contributed by atoms with E-state index in [1.54, 1.807) is 12.1 Å². The number of hydrazone groups is 1. The van der Waals surface area contributed by atoms with Crippen LogP contribution in [0.3, 0.4) is 0 Å². The highest BCUT2D eigenvalue weighted by molar-refractivity contribution is 6.02. The van der Waals surface area contributed by atoms with Crippen LogP contribution in [-0.4, -0.2) is 48.7 Å². The van der Waals surface area contributed by atoms with Gasteiger partial charge in [0.05, 0.1) is 18.7 Å². The van der Waals surface area contributed by atoms with Crippen LogP contribution in [0.5, 0.6) is 0 Å². The molecule has 0 aromatic heterocycles. The number of halogens is 1. The molecule has 1 heterocycles. The summed E-state index contributed by atoms with van der Waals surface area (Å²) in [5.74, 6) is -0.284. The fourth-order valence-electron chi connectivity index (χ4n) is 3.21. The zero-order valence-corrected chi connectivity index (χ0v) is 15.9. The number of rotatable bonds is 7. The Morgan fingerprint density at radius 3 is 2.78 bits per heavy atom. The summed E-state index contributed by atoms with van der Waals surface area (Å²) in [6.07, 6.45) is 2.96. The maximum absolute atomic E-state index is 13.1. The van der Waals surface area contributed by atoms with Gasteiger partial charge in [0.15, 0.2) is 0 Å². The molecule has 1 aliphatic rings. The summed E-state index contributed by atoms with van der Waals surface area (Å²) in [7, 11) is 4.12. The molecule has 0 fully saturated rings. The maximum Gasteiger partial charge on any atom is 0.247 e. The van der Waals surface area contributed by atoms with Gasteiger partial charge in [-0.15, -0.1) is 0 Å². The van der Waals surface area contributed by atoms with Gasteiger partial charge < -0.3 is 4.90 Å². The molecule has 5 heteroatoms. The van der Waals surface area contributed by atoms with E-state index in [2.05, 4.69) is 30.2 Å². The Morgan fingerprint density at radius 2 is 2.04 bits per heavy atom. The number of amides is 1. The lowest BCUT2D eigenvalue weighted by atomic mass is 10.00. The van der Waals surface area contributed by atoms with Crippen LogP contribution in [-0.2, 0) is 17.6 Å². The number of carbonyl (C=O) groups is 1. The van der Waals surface area contributed by atoms with Gasteiger partial charge in [0, 0.05) is 6.42 Å². The van der Waals surface area contributed by atoms with Crippen LogP contribution in [0, 0.1) is 11.9 Å². The molecule has 2 aromatic carbocycles. The van der Waals surface area contributed by atoms with Gasteiger partial charge in [-0.2, -0.15) is 5.10 Å². The highest BCUT2D eigenvalue weighted by Crippen LogP contribution is 2.18. The second kappa shape index (κ2) is 8.91. The zero-order chi connectivity index (χ0) is 19.2. The van der Waals surface area contributed by atoms with Crippen LogP contribution >= 0.6 is 0 Å². The molecule has 0 N–H and O–H groups in total. The van der Waals surface area contributed by atoms with E-state index in [-0.39, 0.29) is 11.7 Å². The summed E-state index contributed by atoms with van der Waals surface area (Å²) in [5, 5.41) is 6.00. The minimum atomic E-state index is -0.271. The second-order valence-electron chi connectivity index (χ2n) is 7.08. The minimum absolute atomic E-state index is 0.0134. The topological polar surface area (TPSA) is 35.9 Å². The number of aryl methyl sites for hydroxylation is 1. The van der Waals surface area contributed by atoms with E-state index in [4.69, 9.17) is 0 Å². The summed E-state index contributed by atoms with van der Waals surface area (Å²) in [6.45, 7) is 1.58. The van der Waals surface area contributed by atoms with Gasteiger partial charge in [0.25, 0.3) is 0 Å². The number of nitrogens with zero attached hydrogens (tertiary/aromatic N) is 3. The molecule has 0 aliphatic carbocycles. The Balaban J connectivity index is 1.65. The monoisotopic (exact) mass is 366 g/mol. The normalized spacial score (nSPS) is 13.9. The standard InChI is InChI=1S/C22H25FN3O/c1-25(2)14-5-8-17-6-3-4-7-19(17)16-22(27)26-15-13-21(24-26)18-9-11-20(23)12-10-18/h3-4,7,9-12H,5,8,13-16H2,1-2H3. The Bertz CT molecular complexity index is 815. The number of carbonyl (C=O) groups excluding carboxylic acids is 1. The first-order valence-corrected chi connectivity index (χ1v) is 9.30. The van der Waals surface area contributed by atoms with Crippen LogP contribution in [0.25, 0.3) is 0 Å². The molecule has 0 saturated heterocycles. The predicted octanol–water partition coefficient (Wildman–Crippen LogP) is 3.30. The van der Waals surface area contributed by atoms with Crippen molar-refractivity contribution in [3.8, 4) is 0 Å². The lowest BCUT2D eigenvalue weighted by Gasteiger charge is -2.14. The van der Waals surface area contributed by atoms with E-state index < -0.39 is 0 Å². The van der Waals surface area contributed by atoms with E-state index in [1.807, 2.05) is 18.2 Å². The third kappa shape index (κ3) is 5.23. The van der Waals surface area contributed by atoms with Gasteiger partial charge in [-0.25, -0.2) is 9.40 Å². The Labute approximate surface area is 160 Å². The second-order valence-corrected chi connectivity index (χ2v) is 7.08. The molecular weight excluding hydrogens is 341 g/mol. The molecule has 3 rings (SSSR count). The molecule has 0 atom stereocenters. The Hall–Kier alpha value is -2.53. The molecule has 27 heavy (non-hydrogen) atoms. The average molecular weight is 366 g/mol. The molecule has 0 saturated carbocycles. The third-order valence-corrected chi connectivity index (χ3v) is 4.68. The summed E-state index contributed by atoms with van der Waals surface area (Å²) in [6, 6.07) is 15.4. The van der Waals surface area contributed by atoms with Gasteiger partial charge in [0.1, 0.15) is 5.82 Å². The zero-order valence-electron chi connectivity index (χ0n) is 15.9. The first kappa shape index (κ1) is 19.2. The largest absolute Gasteiger partial charge is 0.309 e. The lowest BCUT2D eigenvalue weighted by Crippen LogP contribution is -2.25. The van der Waals surface area contributed by atoms with E-state index >= 15 is 0 Å². The van der Waals surface area contributed by atoms with Crippen LogP contribution in [0.1, 0.15) is 29.5 Å². The molecule has 1 aliphatic heterocycles. The fourth-order valence-corrected chi connectivity index (χ4v) is 3.21. The van der Waals surface area contributed by atoms with Crippen molar-refractivity contribution in [1.82, 2.24) is 9.91 Å². The Morgan fingerprint density at radius 1 is 1.26 bits per heavy atom. The molecule has 0 unspecified atom stereocenters. The van der Waals surface area contributed by atoms with E-state index in [0.29, 0.717) is 19.4 Å². The van der Waals surface area contributed by atoms with E-state index in [9.17, 15) is 9.18 Å². The van der Waals surface area contributed by atoms with Gasteiger partial charge in [-0.1, -0.05) is 30.3 Å². The van der Waals surface area contributed by atoms with Crippen molar-refractivity contribution in [2.45, 2.75) is 25.7 Å². The molecule has 0 spiro atoms. The van der Waals surface area contributed by atoms with Crippen molar-refractivity contribution in [2.24, 2.45) is 5.10 Å². The first-order chi connectivity index (χ1) is 13.0. The van der Waals surface area contributed by atoms with E-state index in [0.717, 1.165) is 41.8 Å². The predicted molar refractivity (Wildman–Crippen MR) is 105 cm³/mol. The molecule has 1 amide bonds. The van der Waals surface area contributed by atoms with Gasteiger partial charge >= 0.3 is 0 Å². The summed E-state index contributed by atoms with van der Waals surface area (Å²) >= 11 is 0. The van der Waals surface area contributed by atoms with Crippen molar-refractivity contribution in [2.75, 3.05) is 27.2 Å². The highest BCUT2D eigenvalue weighted by Gasteiger charge is 2.22. The van der Waals surface area contributed by atoms with Gasteiger partial charge in [0.2, 0.25) is 5.91 Å². The van der Waals surface area contributed by atoms with E-state index in [1.165, 1.54) is 17.1 Å². The van der Waals surface area contributed by atoms with Crippen molar-refractivity contribution in [1.29, 1.82) is 0 Å². The summed E-state index contributed by atoms with van der Waals surface area (Å²) < 4.78 is 13.1. The van der Waals surface area contributed by atoms with Crippen LogP contribution in [0.2, 0.25) is 0 Å². The third-order valence-electron chi connectivity index (χ3n) is 4.68. The number of hydrogen-bond acceptors (Lipinski definition) is 3. The highest BCUT2D eigenvalue weighted by atomic mass is 19.1. The SMILES string of the molecule is CN(C)CCCc1[c]cccc1CC(=O)N1CCC(c2ccc(F)cc2)=N1. The maximum atomic E-state index is 13.1. The Kier molecular flexibility index (Phi) is 6.35. The summed E-state index contributed by atoms with van der Waals surface area (Å²) in [5.41, 5.74) is 3.82. The van der Waals surface area contributed by atoms with Crippen molar-refractivity contribution in [3.05, 3.63) is 71.0 Å². The average Bonchev–Trinajstić information content (AvgIpc) is 3.14. The first-order valence-electron chi connectivity index (χ1n) is 9.30. The fraction of sp³-hybridized carbons (Fsp3) is 0.364. The van der Waals surface area contributed by atoms with Crippen LogP contribution in [0.4, 0.5) is 4.39 Å². The molecular formula is C22H25FN3O. The molecule has 2 aromatic rings. The quantitative estimate of drug-likeness (QED) is 0.754. The van der Waals surface area contributed by atoms with Gasteiger partial charge in [-0.05, 0) is 68.4 Å². The lowest BCUT2D eigenvalue weighted by molar-refractivity contribution is -0.130. The minimum Gasteiger partial charge on any atom is -0.309 e. The van der Waals surface area contributed by atoms with Gasteiger partial charge in [-0.3, -0.25) is 4.79 Å². The molecule has 4 nitrogen and oxygen atoms in total. The number of benzene rings is 2. The molecule has 1 radical (unpaired) electrons. The van der Waals surface area contributed by atoms with Crippen molar-refractivity contribution in [3.63, 3.8) is 0 Å². The van der Waals surface area contributed by atoms with Crippen LogP contribution in [0.15, 0.2) is 47.6 Å². The van der Waals surface area contributed by atoms with Crippen LogP contribution < -0.4 is 0 Å². The molecule has 141 valence electrons.